The lowest BCUT2D eigenvalue weighted by Gasteiger charge is -2.14. The van der Waals surface area contributed by atoms with E-state index in [2.05, 4.69) is 5.32 Å². The Balaban J connectivity index is 2.37. The first-order valence-electron chi connectivity index (χ1n) is 7.23. The lowest BCUT2D eigenvalue weighted by Crippen LogP contribution is -2.23. The Hall–Kier alpha value is -1.89. The average molecular weight is 367 g/mol. The molecule has 0 aromatic heterocycles. The molecule has 0 spiro atoms. The predicted molar refractivity (Wildman–Crippen MR) is 96.2 cm³/mol. The highest BCUT2D eigenvalue weighted by Gasteiger charge is 2.22. The maximum Gasteiger partial charge on any atom is 0.255 e. The Morgan fingerprint density at radius 1 is 1.04 bits per heavy atom. The molecule has 0 atom stereocenters. The SMILES string of the molecule is Cc1cc(C)cc(NC(=O)c2ccc(Cl)c(S(=O)(=O)N(C)C)c2)c1. The third kappa shape index (κ3) is 3.95. The number of hydrogen-bond donors (Lipinski definition) is 1. The summed E-state index contributed by atoms with van der Waals surface area (Å²) in [6.45, 7) is 3.87. The minimum Gasteiger partial charge on any atom is -0.322 e. The monoisotopic (exact) mass is 366 g/mol. The number of nitrogens with one attached hydrogen (secondary N) is 1. The third-order valence-electron chi connectivity index (χ3n) is 3.43. The van der Waals surface area contributed by atoms with Crippen LogP contribution in [0.5, 0.6) is 0 Å². The summed E-state index contributed by atoms with van der Waals surface area (Å²) in [5.41, 5.74) is 2.93. The maximum atomic E-state index is 12.4. The molecule has 0 aliphatic heterocycles. The van der Waals surface area contributed by atoms with Gasteiger partial charge >= 0.3 is 0 Å². The molecule has 2 aromatic carbocycles. The van der Waals surface area contributed by atoms with Crippen molar-refractivity contribution in [1.82, 2.24) is 4.31 Å². The molecule has 24 heavy (non-hydrogen) atoms. The van der Waals surface area contributed by atoms with Crippen LogP contribution >= 0.6 is 11.6 Å². The van der Waals surface area contributed by atoms with E-state index in [4.69, 9.17) is 11.6 Å². The van der Waals surface area contributed by atoms with E-state index in [-0.39, 0.29) is 15.5 Å². The summed E-state index contributed by atoms with van der Waals surface area (Å²) < 4.78 is 25.6. The molecule has 7 heteroatoms. The van der Waals surface area contributed by atoms with Crippen molar-refractivity contribution in [3.63, 3.8) is 0 Å². The molecular formula is C17H19ClN2O3S. The summed E-state index contributed by atoms with van der Waals surface area (Å²) in [7, 11) is -0.907. The van der Waals surface area contributed by atoms with E-state index >= 15 is 0 Å². The Labute approximate surface area is 147 Å². The largest absolute Gasteiger partial charge is 0.322 e. The summed E-state index contributed by atoms with van der Waals surface area (Å²) >= 11 is 5.99. The van der Waals surface area contributed by atoms with E-state index in [1.807, 2.05) is 32.0 Å². The van der Waals surface area contributed by atoms with Crippen LogP contribution in [0.1, 0.15) is 21.5 Å². The fraction of sp³-hybridized carbons (Fsp3) is 0.235. The van der Waals surface area contributed by atoms with Crippen LogP contribution in [0.3, 0.4) is 0 Å². The fourth-order valence-electron chi connectivity index (χ4n) is 2.29. The van der Waals surface area contributed by atoms with Crippen molar-refractivity contribution >= 4 is 33.2 Å². The molecule has 2 rings (SSSR count). The number of benzene rings is 2. The number of halogens is 1. The fourth-order valence-corrected chi connectivity index (χ4v) is 3.68. The Kier molecular flexibility index (Phi) is 5.32. The van der Waals surface area contributed by atoms with Crippen molar-refractivity contribution in [1.29, 1.82) is 0 Å². The number of hydrogen-bond acceptors (Lipinski definition) is 3. The Bertz CT molecular complexity index is 872. The van der Waals surface area contributed by atoms with Crippen LogP contribution in [0.25, 0.3) is 0 Å². The molecule has 128 valence electrons. The van der Waals surface area contributed by atoms with Crippen LogP contribution in [-0.2, 0) is 10.0 Å². The van der Waals surface area contributed by atoms with Crippen molar-refractivity contribution in [2.24, 2.45) is 0 Å². The minimum absolute atomic E-state index is 0.0756. The zero-order valence-electron chi connectivity index (χ0n) is 13.9. The number of amides is 1. The minimum atomic E-state index is -3.73. The number of carbonyl (C=O) groups is 1. The van der Waals surface area contributed by atoms with Crippen LogP contribution in [0.15, 0.2) is 41.3 Å². The summed E-state index contributed by atoms with van der Waals surface area (Å²) in [5.74, 6) is -0.396. The first kappa shape index (κ1) is 18.4. The van der Waals surface area contributed by atoms with Crippen LogP contribution < -0.4 is 5.32 Å². The second-order valence-corrected chi connectivity index (χ2v) is 8.29. The second kappa shape index (κ2) is 6.93. The number of anilines is 1. The molecule has 0 saturated heterocycles. The van der Waals surface area contributed by atoms with Crippen LogP contribution in [0, 0.1) is 13.8 Å². The quantitative estimate of drug-likeness (QED) is 0.901. The van der Waals surface area contributed by atoms with Gasteiger partial charge in [0.05, 0.1) is 5.02 Å². The molecule has 0 radical (unpaired) electrons. The Morgan fingerprint density at radius 3 is 2.17 bits per heavy atom. The Morgan fingerprint density at radius 2 is 1.62 bits per heavy atom. The number of rotatable bonds is 4. The molecule has 1 N–H and O–H groups in total. The standard InChI is InChI=1S/C17H19ClN2O3S/c1-11-7-12(2)9-14(8-11)19-17(21)13-5-6-15(18)16(10-13)24(22,23)20(3)4/h5-10H,1-4H3,(H,19,21). The van der Waals surface area contributed by atoms with E-state index in [9.17, 15) is 13.2 Å². The van der Waals surface area contributed by atoms with Gasteiger partial charge in [0, 0.05) is 25.3 Å². The van der Waals surface area contributed by atoms with Gasteiger partial charge in [-0.1, -0.05) is 17.7 Å². The number of carbonyl (C=O) groups excluding carboxylic acids is 1. The van der Waals surface area contributed by atoms with Crippen LogP contribution in [0.2, 0.25) is 5.02 Å². The molecule has 0 bridgehead atoms. The molecule has 5 nitrogen and oxygen atoms in total. The van der Waals surface area contributed by atoms with Crippen molar-refractivity contribution in [3.8, 4) is 0 Å². The van der Waals surface area contributed by atoms with E-state index in [0.717, 1.165) is 15.4 Å². The summed E-state index contributed by atoms with van der Waals surface area (Å²) in [6, 6.07) is 9.88. The summed E-state index contributed by atoms with van der Waals surface area (Å²) in [6.07, 6.45) is 0. The van der Waals surface area contributed by atoms with E-state index in [1.54, 1.807) is 0 Å². The van der Waals surface area contributed by atoms with Gasteiger partial charge in [-0.25, -0.2) is 12.7 Å². The average Bonchev–Trinajstić information content (AvgIpc) is 2.46. The maximum absolute atomic E-state index is 12.4. The van der Waals surface area contributed by atoms with Gasteiger partial charge in [-0.2, -0.15) is 0 Å². The van der Waals surface area contributed by atoms with Gasteiger partial charge in [-0.05, 0) is 55.3 Å². The van der Waals surface area contributed by atoms with E-state index in [0.29, 0.717) is 5.69 Å². The molecule has 0 saturated carbocycles. The van der Waals surface area contributed by atoms with Gasteiger partial charge in [0.25, 0.3) is 5.91 Å². The molecule has 0 fully saturated rings. The zero-order valence-corrected chi connectivity index (χ0v) is 15.5. The van der Waals surface area contributed by atoms with Crippen molar-refractivity contribution in [2.75, 3.05) is 19.4 Å². The third-order valence-corrected chi connectivity index (χ3v) is 5.73. The normalized spacial score (nSPS) is 11.6. The van der Waals surface area contributed by atoms with Crippen molar-refractivity contribution < 1.29 is 13.2 Å². The number of nitrogens with zero attached hydrogens (tertiary/aromatic N) is 1. The lowest BCUT2D eigenvalue weighted by molar-refractivity contribution is 0.102. The molecule has 1 amide bonds. The smallest absolute Gasteiger partial charge is 0.255 e. The number of sulfonamides is 1. The van der Waals surface area contributed by atoms with E-state index < -0.39 is 15.9 Å². The molecule has 2 aromatic rings. The van der Waals surface area contributed by atoms with Gasteiger partial charge in [0.2, 0.25) is 10.0 Å². The molecular weight excluding hydrogens is 348 g/mol. The number of aryl methyl sites for hydroxylation is 2. The second-order valence-electron chi connectivity index (χ2n) is 5.76. The summed E-state index contributed by atoms with van der Waals surface area (Å²) in [5, 5.41) is 2.85. The van der Waals surface area contributed by atoms with Gasteiger partial charge in [-0.3, -0.25) is 4.79 Å². The first-order chi connectivity index (χ1) is 11.1. The van der Waals surface area contributed by atoms with Crippen LogP contribution in [-0.4, -0.2) is 32.7 Å². The summed E-state index contributed by atoms with van der Waals surface area (Å²) in [4.78, 5) is 12.3. The predicted octanol–water partition coefficient (Wildman–Crippen LogP) is 3.46. The first-order valence-corrected chi connectivity index (χ1v) is 9.05. The van der Waals surface area contributed by atoms with Gasteiger partial charge in [0.15, 0.2) is 0 Å². The van der Waals surface area contributed by atoms with Gasteiger partial charge in [-0.15, -0.1) is 0 Å². The topological polar surface area (TPSA) is 66.5 Å². The molecule has 0 heterocycles. The van der Waals surface area contributed by atoms with Gasteiger partial charge in [0.1, 0.15) is 4.90 Å². The highest BCUT2D eigenvalue weighted by molar-refractivity contribution is 7.89. The lowest BCUT2D eigenvalue weighted by atomic mass is 10.1. The van der Waals surface area contributed by atoms with E-state index in [1.165, 1.54) is 32.3 Å². The molecule has 0 aliphatic carbocycles. The highest BCUT2D eigenvalue weighted by atomic mass is 35.5. The zero-order chi connectivity index (χ0) is 18.1. The van der Waals surface area contributed by atoms with Crippen LogP contribution in [0.4, 0.5) is 5.69 Å². The highest BCUT2D eigenvalue weighted by Crippen LogP contribution is 2.25. The van der Waals surface area contributed by atoms with Crippen molar-refractivity contribution in [3.05, 3.63) is 58.1 Å². The molecule has 0 aliphatic rings. The van der Waals surface area contributed by atoms with Gasteiger partial charge < -0.3 is 5.32 Å². The molecule has 0 unspecified atom stereocenters. The van der Waals surface area contributed by atoms with Crippen molar-refractivity contribution in [2.45, 2.75) is 18.7 Å².